The van der Waals surface area contributed by atoms with E-state index in [0.29, 0.717) is 53.9 Å². The second-order valence-corrected chi connectivity index (χ2v) is 26.3. The number of aryl methyl sites for hydroxylation is 1. The molecule has 3 N–H and O–H groups in total. The SMILES string of the molecule is COCC(CCO)c1c(CO)c2ccc3c(c2oc1=O)C1OC(=O)CC2CC(c4cccc(C56CCCCC5C=Cc5ccccc56)c4)CCC2c2ccc4cc2CC#CCC(C2CC5C=Cc6ccccc6C5C2)(O3)C1OC(=O)C(=C(C)CO)CC4. The van der Waals surface area contributed by atoms with Gasteiger partial charge in [-0.1, -0.05) is 140 Å². The minimum atomic E-state index is -1.44. The average Bonchev–Trinajstić information content (AvgIpc) is 1.64. The zero-order chi connectivity index (χ0) is 59.6. The van der Waals surface area contributed by atoms with Crippen molar-refractivity contribution >= 4 is 35.1 Å². The lowest BCUT2D eigenvalue weighted by Gasteiger charge is -2.49. The first kappa shape index (κ1) is 57.4. The molecule has 6 aromatic rings. The van der Waals surface area contributed by atoms with Gasteiger partial charge in [-0.25, -0.2) is 9.59 Å². The molecule has 12 unspecified atom stereocenters. The van der Waals surface area contributed by atoms with E-state index in [1.807, 2.05) is 0 Å². The van der Waals surface area contributed by atoms with E-state index in [4.69, 9.17) is 23.4 Å². The van der Waals surface area contributed by atoms with Crippen LogP contribution in [-0.2, 0) is 48.7 Å². The van der Waals surface area contributed by atoms with Crippen molar-refractivity contribution in [3.05, 3.63) is 204 Å². The number of esters is 2. The van der Waals surface area contributed by atoms with Gasteiger partial charge in [0.2, 0.25) is 0 Å². The van der Waals surface area contributed by atoms with Gasteiger partial charge in [0.25, 0.3) is 0 Å². The second kappa shape index (κ2) is 23.6. The quantitative estimate of drug-likeness (QED) is 0.0518. The summed E-state index contributed by atoms with van der Waals surface area (Å²) in [5, 5.41) is 32.8. The van der Waals surface area contributed by atoms with Crippen LogP contribution in [0.4, 0.5) is 0 Å². The molecule has 5 aromatic carbocycles. The molecule has 8 aliphatic rings. The van der Waals surface area contributed by atoms with Crippen LogP contribution < -0.4 is 10.4 Å². The number of aliphatic hydroxyl groups excluding tert-OH is 3. The van der Waals surface area contributed by atoms with Crippen LogP contribution in [0.25, 0.3) is 23.1 Å². The molecule has 0 saturated heterocycles. The summed E-state index contributed by atoms with van der Waals surface area (Å²) in [6.45, 7) is 0.655. The maximum Gasteiger partial charge on any atom is 0.340 e. The van der Waals surface area contributed by atoms with Gasteiger partial charge < -0.3 is 38.7 Å². The largest absolute Gasteiger partial charge is 0.481 e. The molecule has 12 atom stereocenters. The molecule has 5 bridgehead atoms. The Kier molecular flexibility index (Phi) is 15.6. The molecule has 11 nitrogen and oxygen atoms in total. The maximum absolute atomic E-state index is 16.0. The predicted molar refractivity (Wildman–Crippen MR) is 334 cm³/mol. The van der Waals surface area contributed by atoms with Gasteiger partial charge in [-0.2, -0.15) is 0 Å². The number of carbonyl (C=O) groups is 2. The third kappa shape index (κ3) is 9.94. The highest BCUT2D eigenvalue weighted by atomic mass is 16.6. The third-order valence-corrected chi connectivity index (χ3v) is 21.9. The lowest BCUT2D eigenvalue weighted by Crippen LogP contribution is -2.60. The van der Waals surface area contributed by atoms with Crippen molar-refractivity contribution in [2.75, 3.05) is 26.9 Å². The summed E-state index contributed by atoms with van der Waals surface area (Å²) in [5.74, 6) is 6.08. The van der Waals surface area contributed by atoms with Gasteiger partial charge >= 0.3 is 17.6 Å². The molecule has 0 amide bonds. The van der Waals surface area contributed by atoms with E-state index < -0.39 is 47.9 Å². The van der Waals surface area contributed by atoms with Crippen LogP contribution in [-0.4, -0.2) is 65.9 Å². The van der Waals surface area contributed by atoms with Gasteiger partial charge in [0.15, 0.2) is 17.8 Å². The third-order valence-electron chi connectivity index (χ3n) is 21.9. The van der Waals surface area contributed by atoms with Crippen LogP contribution in [0.15, 0.2) is 136 Å². The first-order valence-corrected chi connectivity index (χ1v) is 32.0. The lowest BCUT2D eigenvalue weighted by atomic mass is 9.56. The summed E-state index contributed by atoms with van der Waals surface area (Å²) in [6.07, 6.45) is 16.4. The van der Waals surface area contributed by atoms with Gasteiger partial charge in [0.1, 0.15) is 11.3 Å². The van der Waals surface area contributed by atoms with Crippen molar-refractivity contribution in [2.24, 2.45) is 23.7 Å². The van der Waals surface area contributed by atoms with Crippen LogP contribution in [0, 0.1) is 35.5 Å². The Morgan fingerprint density at radius 3 is 2.51 bits per heavy atom. The molecule has 5 aliphatic carbocycles. The number of carbonyl (C=O) groups excluding carboxylic acids is 2. The Morgan fingerprint density at radius 1 is 0.805 bits per heavy atom. The molecule has 3 fully saturated rings. The number of ether oxygens (including phenoxy) is 4. The molecule has 448 valence electrons. The average molecular weight is 1170 g/mol. The zero-order valence-corrected chi connectivity index (χ0v) is 49.9. The summed E-state index contributed by atoms with van der Waals surface area (Å²) in [4.78, 5) is 46.4. The van der Waals surface area contributed by atoms with E-state index in [9.17, 15) is 20.1 Å². The summed E-state index contributed by atoms with van der Waals surface area (Å²) < 4.78 is 34.1. The van der Waals surface area contributed by atoms with Crippen molar-refractivity contribution in [1.82, 2.24) is 0 Å². The smallest absolute Gasteiger partial charge is 0.340 e. The predicted octanol–water partition coefficient (Wildman–Crippen LogP) is 13.3. The van der Waals surface area contributed by atoms with Crippen LogP contribution >= 0.6 is 0 Å². The number of benzene rings is 5. The molecule has 3 aliphatic heterocycles. The van der Waals surface area contributed by atoms with E-state index >= 15 is 9.59 Å². The topological polar surface area (TPSA) is 162 Å². The number of methoxy groups -OCH3 is 1. The molecular weight excluding hydrogens is 1090 g/mol. The number of allylic oxidation sites excluding steroid dienone is 2. The first-order valence-electron chi connectivity index (χ1n) is 32.0. The highest BCUT2D eigenvalue weighted by Gasteiger charge is 2.62. The van der Waals surface area contributed by atoms with Crippen molar-refractivity contribution in [1.29, 1.82) is 0 Å². The van der Waals surface area contributed by atoms with E-state index in [2.05, 4.69) is 127 Å². The minimum absolute atomic E-state index is 0.0155. The molecule has 0 spiro atoms. The fourth-order valence-corrected chi connectivity index (χ4v) is 17.8. The highest BCUT2D eigenvalue weighted by molar-refractivity contribution is 5.91. The fraction of sp³-hybridized carbons (Fsp3) is 0.434. The second-order valence-electron chi connectivity index (χ2n) is 26.3. The van der Waals surface area contributed by atoms with Crippen LogP contribution in [0.5, 0.6) is 5.75 Å². The van der Waals surface area contributed by atoms with E-state index in [0.717, 1.165) is 48.8 Å². The highest BCUT2D eigenvalue weighted by Crippen LogP contribution is 2.60. The number of aliphatic hydroxyl groups is 3. The summed E-state index contributed by atoms with van der Waals surface area (Å²) in [6, 6.07) is 37.0. The number of fused-ring (bicyclic) bond motifs is 15. The number of hydrogen-bond acceptors (Lipinski definition) is 11. The Bertz CT molecular complexity index is 3900. The molecule has 87 heavy (non-hydrogen) atoms. The van der Waals surface area contributed by atoms with Crippen LogP contribution in [0.3, 0.4) is 0 Å². The van der Waals surface area contributed by atoms with Crippen molar-refractivity contribution in [3.8, 4) is 17.6 Å². The Balaban J connectivity index is 0.944. The van der Waals surface area contributed by atoms with E-state index in [-0.39, 0.29) is 109 Å². The fourth-order valence-electron chi connectivity index (χ4n) is 17.8. The molecule has 1 aromatic heterocycles. The molecule has 3 saturated carbocycles. The van der Waals surface area contributed by atoms with Crippen LogP contribution in [0.2, 0.25) is 0 Å². The maximum atomic E-state index is 16.0. The summed E-state index contributed by atoms with van der Waals surface area (Å²) in [7, 11) is 1.52. The number of rotatable bonds is 10. The van der Waals surface area contributed by atoms with Crippen molar-refractivity contribution < 1.29 is 48.3 Å². The van der Waals surface area contributed by atoms with Gasteiger partial charge in [0, 0.05) is 60.3 Å². The summed E-state index contributed by atoms with van der Waals surface area (Å²) >= 11 is 0. The van der Waals surface area contributed by atoms with Crippen molar-refractivity contribution in [2.45, 2.75) is 157 Å². The normalized spacial score (nSPS) is 29.6. The van der Waals surface area contributed by atoms with Gasteiger partial charge in [-0.15, -0.1) is 0 Å². The van der Waals surface area contributed by atoms with E-state index in [1.165, 1.54) is 53.3 Å². The van der Waals surface area contributed by atoms with Gasteiger partial charge in [0.05, 0.1) is 31.8 Å². The summed E-state index contributed by atoms with van der Waals surface area (Å²) in [5.41, 5.74) is 10.2. The van der Waals surface area contributed by atoms with Crippen molar-refractivity contribution in [3.63, 3.8) is 0 Å². The van der Waals surface area contributed by atoms with Gasteiger partial charge in [-0.3, -0.25) is 4.79 Å². The Morgan fingerprint density at radius 2 is 1.66 bits per heavy atom. The minimum Gasteiger partial charge on any atom is -0.481 e. The zero-order valence-electron chi connectivity index (χ0n) is 49.9. The number of hydrogen-bond donors (Lipinski definition) is 3. The molecule has 4 heterocycles. The Hall–Kier alpha value is -7.33. The Labute approximate surface area is 509 Å². The molecule has 0 radical (unpaired) electrons. The molecular formula is C76H78O11. The molecule has 11 heteroatoms. The van der Waals surface area contributed by atoms with E-state index in [1.54, 1.807) is 19.1 Å². The monoisotopic (exact) mass is 1170 g/mol. The lowest BCUT2D eigenvalue weighted by molar-refractivity contribution is -0.202. The molecule has 14 rings (SSSR count). The first-order chi connectivity index (χ1) is 42.5. The standard InChI is InChI=1S/C76H78O11/c1-45(42-78)58-27-20-46-21-28-60-51(36-46)14-7-10-34-76(57-39-52-23-22-47-12-3-5-18-59(47)63(52)41-57)72(86-73(58)81)71(69-66(87-76)31-30-62-64(43-79)68(74(82)85-70(62)69)53(32-35-77)44-83-2)84-67(80)40-54-37-50(25-29-61(54)60)49-15-11-17-56(38-49)75-33-9-8-16-55(75)26-24-48-13-4-6-19-65(48)75/h3-6,11-13,15,17-19,21-24,26,28,30-31,36,38,50,52-55,57,61,63,71-72,77-79H,8-9,14,16,20,25,27,29,32-35,37,39-44H2,1-2H3. The van der Waals surface area contributed by atoms with Crippen LogP contribution in [0.1, 0.15) is 187 Å². The van der Waals surface area contributed by atoms with Gasteiger partial charge in [-0.05, 0) is 180 Å².